The van der Waals surface area contributed by atoms with E-state index in [-0.39, 0.29) is 10.6 Å². The van der Waals surface area contributed by atoms with Crippen LogP contribution in [0.4, 0.5) is 17.1 Å². The number of nitro groups is 1. The zero-order valence-corrected chi connectivity index (χ0v) is 16.4. The molecule has 0 saturated heterocycles. The van der Waals surface area contributed by atoms with E-state index in [9.17, 15) is 18.5 Å². The predicted molar refractivity (Wildman–Crippen MR) is 110 cm³/mol. The lowest BCUT2D eigenvalue weighted by Gasteiger charge is -2.12. The molecule has 0 aliphatic rings. The Morgan fingerprint density at radius 1 is 1.10 bits per heavy atom. The number of anilines is 2. The Morgan fingerprint density at radius 2 is 1.86 bits per heavy atom. The number of hydrazone groups is 1. The van der Waals surface area contributed by atoms with Gasteiger partial charge in [-0.3, -0.25) is 20.3 Å². The number of hydrogen-bond acceptors (Lipinski definition) is 7. The minimum Gasteiger partial charge on any atom is -0.463 e. The van der Waals surface area contributed by atoms with E-state index in [0.29, 0.717) is 11.4 Å². The third kappa shape index (κ3) is 4.79. The molecule has 0 spiro atoms. The van der Waals surface area contributed by atoms with Gasteiger partial charge in [-0.1, -0.05) is 17.7 Å². The topological polar surface area (TPSA) is 127 Å². The average molecular weight is 414 g/mol. The van der Waals surface area contributed by atoms with Gasteiger partial charge in [0.05, 0.1) is 28.0 Å². The number of hydrogen-bond donors (Lipinski definition) is 2. The molecule has 29 heavy (non-hydrogen) atoms. The van der Waals surface area contributed by atoms with Crippen molar-refractivity contribution in [1.82, 2.24) is 0 Å². The minimum absolute atomic E-state index is 0.0447. The zero-order valence-electron chi connectivity index (χ0n) is 15.6. The summed E-state index contributed by atoms with van der Waals surface area (Å²) >= 11 is 0. The Morgan fingerprint density at radius 3 is 2.52 bits per heavy atom. The van der Waals surface area contributed by atoms with Gasteiger partial charge in [-0.05, 0) is 49.7 Å². The van der Waals surface area contributed by atoms with Gasteiger partial charge in [0.1, 0.15) is 11.4 Å². The number of sulfonamides is 1. The van der Waals surface area contributed by atoms with Crippen LogP contribution in [-0.2, 0) is 10.0 Å². The first-order valence-corrected chi connectivity index (χ1v) is 9.96. The van der Waals surface area contributed by atoms with E-state index < -0.39 is 20.6 Å². The van der Waals surface area contributed by atoms with Gasteiger partial charge in [-0.2, -0.15) is 5.10 Å². The second-order valence-corrected chi connectivity index (χ2v) is 7.93. The van der Waals surface area contributed by atoms with Gasteiger partial charge in [-0.15, -0.1) is 0 Å². The van der Waals surface area contributed by atoms with Crippen LogP contribution in [0.1, 0.15) is 16.9 Å². The van der Waals surface area contributed by atoms with Crippen molar-refractivity contribution in [2.24, 2.45) is 5.10 Å². The average Bonchev–Trinajstić information content (AvgIpc) is 3.17. The summed E-state index contributed by atoms with van der Waals surface area (Å²) in [5.41, 5.74) is 4.29. The van der Waals surface area contributed by atoms with Crippen molar-refractivity contribution in [3.05, 3.63) is 81.8 Å². The Bertz CT molecular complexity index is 1170. The summed E-state index contributed by atoms with van der Waals surface area (Å²) < 4.78 is 32.9. The van der Waals surface area contributed by atoms with E-state index >= 15 is 0 Å². The molecule has 1 aromatic heterocycles. The van der Waals surface area contributed by atoms with Crippen molar-refractivity contribution in [2.75, 3.05) is 10.1 Å². The molecule has 10 heteroatoms. The third-order valence-corrected chi connectivity index (χ3v) is 5.39. The highest BCUT2D eigenvalue weighted by atomic mass is 32.2. The van der Waals surface area contributed by atoms with Crippen molar-refractivity contribution in [3.8, 4) is 0 Å². The number of nitrogens with zero attached hydrogens (tertiary/aromatic N) is 2. The maximum Gasteiger partial charge on any atom is 0.295 e. The largest absolute Gasteiger partial charge is 0.463 e. The van der Waals surface area contributed by atoms with Gasteiger partial charge in [0.2, 0.25) is 0 Å². The molecule has 0 amide bonds. The molecule has 0 bridgehead atoms. The number of benzene rings is 2. The minimum atomic E-state index is -4.01. The van der Waals surface area contributed by atoms with Gasteiger partial charge < -0.3 is 4.42 Å². The number of rotatable bonds is 7. The summed E-state index contributed by atoms with van der Waals surface area (Å²) in [6.07, 6.45) is 2.81. The Kier molecular flexibility index (Phi) is 5.64. The first-order valence-electron chi connectivity index (χ1n) is 8.47. The lowest BCUT2D eigenvalue weighted by molar-refractivity contribution is -0.384. The molecule has 0 fully saturated rings. The van der Waals surface area contributed by atoms with Crippen LogP contribution in [0.5, 0.6) is 0 Å². The summed E-state index contributed by atoms with van der Waals surface area (Å²) in [5.74, 6) is 0.456. The van der Waals surface area contributed by atoms with Crippen molar-refractivity contribution < 1.29 is 17.8 Å². The molecule has 0 aliphatic heterocycles. The first kappa shape index (κ1) is 20.1. The second kappa shape index (κ2) is 8.15. The van der Waals surface area contributed by atoms with Crippen LogP contribution in [0.25, 0.3) is 0 Å². The molecule has 0 aliphatic carbocycles. The van der Waals surface area contributed by atoms with E-state index in [4.69, 9.17) is 4.42 Å². The third-order valence-electron chi connectivity index (χ3n) is 4.02. The zero-order chi connectivity index (χ0) is 21.0. The number of nitro benzene ring substituents is 1. The SMILES string of the molecule is Cc1ccc(NS(=O)(=O)c2ccc(N/N=C/c3ccco3)c([N+](=O)[O-])c2)c(C)c1. The summed E-state index contributed by atoms with van der Waals surface area (Å²) in [6, 6.07) is 12.1. The van der Waals surface area contributed by atoms with Crippen molar-refractivity contribution in [1.29, 1.82) is 0 Å². The maximum atomic E-state index is 12.7. The van der Waals surface area contributed by atoms with Gasteiger partial charge in [0, 0.05) is 6.07 Å². The maximum absolute atomic E-state index is 12.7. The standard InChI is InChI=1S/C19H18N4O5S/c1-13-5-7-17(14(2)10-13)22-29(26,27)16-6-8-18(19(11-16)23(24)25)21-20-12-15-4-3-9-28-15/h3-12,21-22H,1-2H3/b20-12+. The van der Waals surface area contributed by atoms with E-state index in [0.717, 1.165) is 17.2 Å². The molecule has 150 valence electrons. The molecule has 0 unspecified atom stereocenters. The molecular formula is C19H18N4O5S. The predicted octanol–water partition coefficient (Wildman–Crippen LogP) is 4.05. The van der Waals surface area contributed by atoms with Crippen molar-refractivity contribution >= 4 is 33.3 Å². The van der Waals surface area contributed by atoms with Crippen LogP contribution < -0.4 is 10.1 Å². The van der Waals surface area contributed by atoms with Crippen LogP contribution in [0.3, 0.4) is 0 Å². The lowest BCUT2D eigenvalue weighted by Crippen LogP contribution is -2.14. The van der Waals surface area contributed by atoms with Crippen LogP contribution in [0.15, 0.2) is 69.2 Å². The van der Waals surface area contributed by atoms with Crippen LogP contribution >= 0.6 is 0 Å². The summed E-state index contributed by atoms with van der Waals surface area (Å²) in [7, 11) is -4.01. The van der Waals surface area contributed by atoms with Gasteiger partial charge >= 0.3 is 0 Å². The quantitative estimate of drug-likeness (QED) is 0.341. The van der Waals surface area contributed by atoms with Crippen LogP contribution in [-0.4, -0.2) is 19.6 Å². The molecule has 9 nitrogen and oxygen atoms in total. The highest BCUT2D eigenvalue weighted by molar-refractivity contribution is 7.92. The number of furan rings is 1. The Balaban J connectivity index is 1.87. The highest BCUT2D eigenvalue weighted by Crippen LogP contribution is 2.29. The van der Waals surface area contributed by atoms with E-state index in [1.54, 1.807) is 31.2 Å². The smallest absolute Gasteiger partial charge is 0.295 e. The molecular weight excluding hydrogens is 396 g/mol. The molecule has 0 saturated carbocycles. The molecule has 3 aromatic rings. The molecule has 0 atom stereocenters. The summed E-state index contributed by atoms with van der Waals surface area (Å²) in [6.45, 7) is 3.67. The number of nitrogens with one attached hydrogen (secondary N) is 2. The first-order chi connectivity index (χ1) is 13.8. The normalized spacial score (nSPS) is 11.5. The van der Waals surface area contributed by atoms with E-state index in [1.165, 1.54) is 24.6 Å². The van der Waals surface area contributed by atoms with Crippen LogP contribution in [0.2, 0.25) is 0 Å². The van der Waals surface area contributed by atoms with Gasteiger partial charge in [0.25, 0.3) is 15.7 Å². The van der Waals surface area contributed by atoms with Crippen LogP contribution in [0, 0.1) is 24.0 Å². The van der Waals surface area contributed by atoms with E-state index in [2.05, 4.69) is 15.2 Å². The Hall–Kier alpha value is -3.66. The molecule has 3 rings (SSSR count). The van der Waals surface area contributed by atoms with Gasteiger partial charge in [0.15, 0.2) is 0 Å². The molecule has 1 heterocycles. The van der Waals surface area contributed by atoms with E-state index in [1.807, 2.05) is 13.0 Å². The lowest BCUT2D eigenvalue weighted by atomic mass is 10.1. The highest BCUT2D eigenvalue weighted by Gasteiger charge is 2.22. The fourth-order valence-electron chi connectivity index (χ4n) is 2.59. The fraction of sp³-hybridized carbons (Fsp3) is 0.105. The monoisotopic (exact) mass is 414 g/mol. The fourth-order valence-corrected chi connectivity index (χ4v) is 3.74. The van der Waals surface area contributed by atoms with Gasteiger partial charge in [-0.25, -0.2) is 8.42 Å². The summed E-state index contributed by atoms with van der Waals surface area (Å²) in [5, 5.41) is 15.3. The summed E-state index contributed by atoms with van der Waals surface area (Å²) in [4.78, 5) is 10.5. The molecule has 0 radical (unpaired) electrons. The molecule has 2 N–H and O–H groups in total. The second-order valence-electron chi connectivity index (χ2n) is 6.25. The van der Waals surface area contributed by atoms with Crippen molar-refractivity contribution in [3.63, 3.8) is 0 Å². The number of aryl methyl sites for hydroxylation is 2. The Labute approximate surface area is 167 Å². The molecule has 2 aromatic carbocycles. The van der Waals surface area contributed by atoms with Crippen molar-refractivity contribution in [2.45, 2.75) is 18.7 Å².